The molecule has 358 valence electrons. The first-order chi connectivity index (χ1) is 32.8. The molecule has 0 radical (unpaired) electrons. The molecule has 0 saturated heterocycles. The zero-order valence-electron chi connectivity index (χ0n) is 37.7. The predicted octanol–water partition coefficient (Wildman–Crippen LogP) is 0.536. The fourth-order valence-electron chi connectivity index (χ4n) is 7.25. The number of aromatic nitrogens is 6. The number of benzene rings is 3. The number of nitrogens with one attached hydrogen (secondary N) is 7. The number of hydrogen-bond donors (Lipinski definition) is 10. The van der Waals surface area contributed by atoms with Gasteiger partial charge in [0.15, 0.2) is 0 Å². The normalized spacial score (nSPS) is 13.3. The molecule has 22 heteroatoms. The Labute approximate surface area is 391 Å². The van der Waals surface area contributed by atoms with Gasteiger partial charge in [-0.3, -0.25) is 29.4 Å². The molecular weight excluding hydrogens is 875 g/mol. The van der Waals surface area contributed by atoms with Gasteiger partial charge in [0.25, 0.3) is 5.91 Å². The van der Waals surface area contributed by atoms with E-state index in [-0.39, 0.29) is 37.9 Å². The largest absolute Gasteiger partial charge is 0.497 e. The number of fused-ring (bicyclic) bond motifs is 1. The van der Waals surface area contributed by atoms with Crippen LogP contribution in [0, 0.1) is 0 Å². The molecule has 0 aliphatic carbocycles. The number of nitrogens with zero attached hydrogens (tertiary/aromatic N) is 5. The number of aromatic amines is 2. The van der Waals surface area contributed by atoms with Gasteiger partial charge in [-0.15, -0.1) is 5.10 Å². The first-order valence-corrected chi connectivity index (χ1v) is 22.0. The molecule has 0 aliphatic heterocycles. The van der Waals surface area contributed by atoms with Crippen LogP contribution in [0.25, 0.3) is 16.6 Å². The molecule has 0 unspecified atom stereocenters. The third-order valence-corrected chi connectivity index (χ3v) is 11.0. The van der Waals surface area contributed by atoms with Gasteiger partial charge in [-0.2, -0.15) is 0 Å². The van der Waals surface area contributed by atoms with Gasteiger partial charge in [0.2, 0.25) is 23.6 Å². The van der Waals surface area contributed by atoms with Gasteiger partial charge in [0.05, 0.1) is 37.9 Å². The van der Waals surface area contributed by atoms with Gasteiger partial charge in [-0.1, -0.05) is 59.8 Å². The second-order valence-electron chi connectivity index (χ2n) is 16.1. The minimum Gasteiger partial charge on any atom is -0.497 e. The molecule has 7 amide bonds. The number of amides is 7. The van der Waals surface area contributed by atoms with Gasteiger partial charge in [0, 0.05) is 54.3 Å². The number of carbonyl (C=O) groups is 6. The lowest BCUT2D eigenvalue weighted by atomic mass is 10.0. The lowest BCUT2D eigenvalue weighted by molar-refractivity contribution is -0.133. The first-order valence-electron chi connectivity index (χ1n) is 22.0. The molecule has 22 nitrogen and oxygen atoms in total. The minimum atomic E-state index is -1.31. The lowest BCUT2D eigenvalue weighted by Gasteiger charge is -2.28. The van der Waals surface area contributed by atoms with E-state index in [9.17, 15) is 28.8 Å². The highest BCUT2D eigenvalue weighted by atomic mass is 16.5. The van der Waals surface area contributed by atoms with Crippen LogP contribution in [0.5, 0.6) is 5.75 Å². The van der Waals surface area contributed by atoms with Crippen molar-refractivity contribution in [3.05, 3.63) is 126 Å². The van der Waals surface area contributed by atoms with Crippen LogP contribution in [0.2, 0.25) is 0 Å². The van der Waals surface area contributed by atoms with E-state index in [2.05, 4.69) is 52.0 Å². The second-order valence-corrected chi connectivity index (χ2v) is 16.1. The molecule has 0 saturated carbocycles. The summed E-state index contributed by atoms with van der Waals surface area (Å²) in [6.45, 7) is 1.41. The second kappa shape index (κ2) is 23.9. The Morgan fingerprint density at radius 3 is 2.28 bits per heavy atom. The Bertz CT molecular complexity index is 2640. The highest BCUT2D eigenvalue weighted by Crippen LogP contribution is 2.20. The molecule has 68 heavy (non-hydrogen) atoms. The zero-order valence-corrected chi connectivity index (χ0v) is 37.7. The van der Waals surface area contributed by atoms with Gasteiger partial charge < -0.3 is 53.2 Å². The van der Waals surface area contributed by atoms with E-state index in [4.69, 9.17) is 21.9 Å². The summed E-state index contributed by atoms with van der Waals surface area (Å²) in [5.41, 5.74) is 23.7. The highest BCUT2D eigenvalue weighted by molar-refractivity contribution is 5.95. The van der Waals surface area contributed by atoms with Crippen molar-refractivity contribution in [2.45, 2.75) is 82.2 Å². The number of hydrogen-bond acceptors (Lipinski definition) is 12. The molecule has 0 bridgehead atoms. The number of carbonyl (C=O) groups excluding carboxylic acids is 6. The minimum absolute atomic E-state index is 0.0119. The summed E-state index contributed by atoms with van der Waals surface area (Å²) in [5.74, 6) is -3.09. The van der Waals surface area contributed by atoms with Crippen LogP contribution in [-0.4, -0.2) is 114 Å². The van der Waals surface area contributed by atoms with Crippen molar-refractivity contribution in [1.82, 2.24) is 61.6 Å². The number of H-pyrrole nitrogens is 2. The molecule has 0 spiro atoms. The summed E-state index contributed by atoms with van der Waals surface area (Å²) in [4.78, 5) is 92.5. The SMILES string of the molecule is COc1cccc(-n2cc(CN(NC(=O)[C@H](C)NC(=O)[C@@H](Cc3c[nH]c4ccccc34)NC(=O)[C@@H](N)Cc3cnc[nH]3)C(=O)N[C@H](Cc3ccccc3)C(=O)N[C@@H](CCCCN)C(N)=O)nn2)c1. The summed E-state index contributed by atoms with van der Waals surface area (Å²) < 4.78 is 6.79. The number of nitrogens with two attached hydrogens (primary N) is 3. The van der Waals surface area contributed by atoms with Crippen LogP contribution in [0.3, 0.4) is 0 Å². The number of imidazole rings is 1. The predicted molar refractivity (Wildman–Crippen MR) is 250 cm³/mol. The van der Waals surface area contributed by atoms with Crippen molar-refractivity contribution in [1.29, 1.82) is 0 Å². The van der Waals surface area contributed by atoms with Crippen LogP contribution in [-0.2, 0) is 49.8 Å². The van der Waals surface area contributed by atoms with E-state index in [0.29, 0.717) is 42.1 Å². The maximum atomic E-state index is 14.4. The summed E-state index contributed by atoms with van der Waals surface area (Å²) in [7, 11) is 1.52. The van der Waals surface area contributed by atoms with Crippen molar-refractivity contribution in [2.24, 2.45) is 17.2 Å². The third-order valence-electron chi connectivity index (χ3n) is 11.0. The molecule has 0 aliphatic rings. The maximum Gasteiger partial charge on any atom is 0.337 e. The lowest BCUT2D eigenvalue weighted by Crippen LogP contribution is -2.60. The van der Waals surface area contributed by atoms with E-state index in [1.807, 2.05) is 24.3 Å². The van der Waals surface area contributed by atoms with Gasteiger partial charge in [-0.05, 0) is 62.1 Å². The summed E-state index contributed by atoms with van der Waals surface area (Å²) >= 11 is 0. The first kappa shape index (κ1) is 49.3. The Hall–Kier alpha value is -8.11. The fraction of sp³-hybridized carbons (Fsp3) is 0.326. The van der Waals surface area contributed by atoms with Gasteiger partial charge in [-0.25, -0.2) is 19.5 Å². The Morgan fingerprint density at radius 2 is 1.54 bits per heavy atom. The third kappa shape index (κ3) is 13.7. The zero-order chi connectivity index (χ0) is 48.6. The highest BCUT2D eigenvalue weighted by Gasteiger charge is 2.32. The van der Waals surface area contributed by atoms with Crippen LogP contribution in [0.15, 0.2) is 104 Å². The molecule has 6 rings (SSSR count). The summed E-state index contributed by atoms with van der Waals surface area (Å²) in [6.07, 6.45) is 7.74. The number of para-hydroxylation sites is 1. The van der Waals surface area contributed by atoms with Crippen molar-refractivity contribution < 1.29 is 33.5 Å². The smallest absolute Gasteiger partial charge is 0.337 e. The fourth-order valence-corrected chi connectivity index (χ4v) is 7.25. The molecule has 0 fully saturated rings. The van der Waals surface area contributed by atoms with Crippen molar-refractivity contribution in [3.8, 4) is 11.4 Å². The quantitative estimate of drug-likeness (QED) is 0.0311. The summed E-state index contributed by atoms with van der Waals surface area (Å²) in [6, 6.07) is 16.5. The number of unbranched alkanes of at least 4 members (excludes halogenated alkanes) is 1. The van der Waals surface area contributed by atoms with Crippen LogP contribution < -0.4 is 48.6 Å². The Balaban J connectivity index is 1.23. The molecule has 6 aromatic rings. The average Bonchev–Trinajstić information content (AvgIpc) is 4.13. The summed E-state index contributed by atoms with van der Waals surface area (Å²) in [5, 5.41) is 20.9. The van der Waals surface area contributed by atoms with Crippen LogP contribution >= 0.6 is 0 Å². The molecular formula is C46H57N15O7. The number of primary amides is 1. The van der Waals surface area contributed by atoms with E-state index >= 15 is 0 Å². The van der Waals surface area contributed by atoms with E-state index in [1.165, 1.54) is 31.2 Å². The number of rotatable bonds is 23. The monoisotopic (exact) mass is 931 g/mol. The molecule has 5 atom stereocenters. The van der Waals surface area contributed by atoms with Crippen LogP contribution in [0.4, 0.5) is 4.79 Å². The van der Waals surface area contributed by atoms with Crippen LogP contribution in [0.1, 0.15) is 48.7 Å². The maximum absolute atomic E-state index is 14.4. The number of methoxy groups -OCH3 is 1. The topological polar surface area (TPSA) is 328 Å². The molecule has 3 aromatic heterocycles. The van der Waals surface area contributed by atoms with E-state index < -0.39 is 65.8 Å². The van der Waals surface area contributed by atoms with Gasteiger partial charge in [0.1, 0.15) is 35.6 Å². The number of ether oxygens (including phenoxy) is 1. The van der Waals surface area contributed by atoms with Crippen molar-refractivity contribution in [3.63, 3.8) is 0 Å². The number of hydrazine groups is 1. The standard InChI is InChI=1S/C46H57N15O7/c1-28(53-44(65)40(20-30-23-51-37-16-7-6-15-35(30)37)55-43(64)36(48)21-31-24-50-27-52-31)42(63)58-61(26-32-25-60(59-57-32)33-13-10-14-34(22-33)68-2)46(67)56-39(19-29-11-4-3-5-12-29)45(66)54-38(41(49)62)17-8-9-18-47/h3-7,10-16,22-25,27-28,36,38-40,51H,8-9,17-21,26,47-48H2,1-2H3,(H2,49,62)(H,50,52)(H,53,65)(H,54,66)(H,55,64)(H,56,67)(H,58,63)/t28-,36-,38-,39+,40+/m0/s1. The van der Waals surface area contributed by atoms with Crippen molar-refractivity contribution >= 4 is 46.5 Å². The Morgan fingerprint density at radius 1 is 0.809 bits per heavy atom. The molecule has 3 heterocycles. The van der Waals surface area contributed by atoms with E-state index in [1.54, 1.807) is 67.0 Å². The van der Waals surface area contributed by atoms with Gasteiger partial charge >= 0.3 is 6.03 Å². The number of urea groups is 1. The van der Waals surface area contributed by atoms with E-state index in [0.717, 1.165) is 21.5 Å². The Kier molecular flexibility index (Phi) is 17.3. The average molecular weight is 932 g/mol. The van der Waals surface area contributed by atoms with Crippen molar-refractivity contribution in [2.75, 3.05) is 13.7 Å². The molecule has 3 aromatic carbocycles. The molecule has 13 N–H and O–H groups in total.